The maximum atomic E-state index is 12.8. The molecule has 2 saturated heterocycles. The van der Waals surface area contributed by atoms with Gasteiger partial charge in [0.25, 0.3) is 0 Å². The molecule has 160 valence electrons. The van der Waals surface area contributed by atoms with Gasteiger partial charge in [0.05, 0.1) is 18.4 Å². The number of nitrogens with one attached hydrogen (secondary N) is 2. The predicted molar refractivity (Wildman–Crippen MR) is 112 cm³/mol. The van der Waals surface area contributed by atoms with Gasteiger partial charge in [-0.25, -0.2) is 0 Å². The lowest BCUT2D eigenvalue weighted by atomic mass is 9.85. The summed E-state index contributed by atoms with van der Waals surface area (Å²) in [5.41, 5.74) is 0. The summed E-state index contributed by atoms with van der Waals surface area (Å²) in [4.78, 5) is 36.5. The molecule has 0 radical (unpaired) electrons. The number of aliphatic imine (C=N–C) groups is 1. The maximum absolute atomic E-state index is 12.8. The molecule has 8 nitrogen and oxygen atoms in total. The first-order chi connectivity index (χ1) is 14.0. The van der Waals surface area contributed by atoms with E-state index in [9.17, 15) is 9.59 Å². The number of carbonyl (C=O) groups excluding carboxylic acids is 2. The Hall–Kier alpha value is -1.93. The van der Waals surface area contributed by atoms with Crippen LogP contribution in [0.15, 0.2) is 17.1 Å². The zero-order valence-electron chi connectivity index (χ0n) is 17.8. The molecule has 2 amide bonds. The van der Waals surface area contributed by atoms with Crippen LogP contribution in [0.3, 0.4) is 0 Å². The highest BCUT2D eigenvalue weighted by Crippen LogP contribution is 2.52. The molecule has 2 heterocycles. The van der Waals surface area contributed by atoms with Gasteiger partial charge in [-0.2, -0.15) is 0 Å². The summed E-state index contributed by atoms with van der Waals surface area (Å²) in [7, 11) is 4.30. The Labute approximate surface area is 173 Å². The molecule has 4 rings (SSSR count). The number of likely N-dealkylation sites (tertiary alicyclic amines) is 1. The standard InChI is InChI=1S/C21H34N6O2/c1-4-22-21(24-12-16-13-25(2)9-10-26(16)3)23-7-8-27-19(28)17-14-5-6-15(11-14)18(17)20(27)29/h5-6,14-18H,4,7-13H2,1-3H3,(H2,22,23,24). The zero-order valence-corrected chi connectivity index (χ0v) is 17.8. The minimum Gasteiger partial charge on any atom is -0.357 e. The number of hydrogen-bond donors (Lipinski definition) is 2. The van der Waals surface area contributed by atoms with Crippen LogP contribution in [0.2, 0.25) is 0 Å². The maximum Gasteiger partial charge on any atom is 0.233 e. The summed E-state index contributed by atoms with van der Waals surface area (Å²) < 4.78 is 0. The molecule has 2 N–H and O–H groups in total. The fourth-order valence-corrected chi connectivity index (χ4v) is 5.31. The SMILES string of the molecule is CCNC(=NCC1CN(C)CCN1C)NCCN1C(=O)C2C3C=CC(C3)C2C1=O. The van der Waals surface area contributed by atoms with Gasteiger partial charge < -0.3 is 15.5 Å². The van der Waals surface area contributed by atoms with Crippen LogP contribution in [0.4, 0.5) is 0 Å². The largest absolute Gasteiger partial charge is 0.357 e. The van der Waals surface area contributed by atoms with Gasteiger partial charge in [-0.1, -0.05) is 12.2 Å². The van der Waals surface area contributed by atoms with E-state index in [1.54, 1.807) is 0 Å². The molecular formula is C21H34N6O2. The van der Waals surface area contributed by atoms with Gasteiger partial charge in [0.1, 0.15) is 0 Å². The lowest BCUT2D eigenvalue weighted by Gasteiger charge is -2.36. The smallest absolute Gasteiger partial charge is 0.233 e. The third kappa shape index (κ3) is 3.92. The summed E-state index contributed by atoms with van der Waals surface area (Å²) in [5.74, 6) is 1.10. The first-order valence-corrected chi connectivity index (χ1v) is 10.9. The summed E-state index contributed by atoms with van der Waals surface area (Å²) >= 11 is 0. The predicted octanol–water partition coefficient (Wildman–Crippen LogP) is -0.406. The van der Waals surface area contributed by atoms with Crippen molar-refractivity contribution in [3.63, 3.8) is 0 Å². The topological polar surface area (TPSA) is 80.3 Å². The van der Waals surface area contributed by atoms with Crippen LogP contribution >= 0.6 is 0 Å². The van der Waals surface area contributed by atoms with Crippen LogP contribution in [0, 0.1) is 23.7 Å². The van der Waals surface area contributed by atoms with Gasteiger partial charge in [-0.15, -0.1) is 0 Å². The minimum atomic E-state index is -0.113. The molecular weight excluding hydrogens is 368 g/mol. The number of hydrogen-bond acceptors (Lipinski definition) is 5. The van der Waals surface area contributed by atoms with Crippen molar-refractivity contribution >= 4 is 17.8 Å². The lowest BCUT2D eigenvalue weighted by Crippen LogP contribution is -2.51. The molecule has 29 heavy (non-hydrogen) atoms. The van der Waals surface area contributed by atoms with Gasteiger partial charge in [0.15, 0.2) is 5.96 Å². The van der Waals surface area contributed by atoms with E-state index in [0.717, 1.165) is 45.1 Å². The Bertz CT molecular complexity index is 677. The molecule has 1 saturated carbocycles. The monoisotopic (exact) mass is 402 g/mol. The fourth-order valence-electron chi connectivity index (χ4n) is 5.31. The van der Waals surface area contributed by atoms with Crippen molar-refractivity contribution in [2.75, 3.05) is 59.9 Å². The summed E-state index contributed by atoms with van der Waals surface area (Å²) in [6, 6.07) is 0.397. The van der Waals surface area contributed by atoms with Crippen molar-refractivity contribution in [2.24, 2.45) is 28.7 Å². The first-order valence-electron chi connectivity index (χ1n) is 10.9. The van der Waals surface area contributed by atoms with Crippen LogP contribution < -0.4 is 10.6 Å². The van der Waals surface area contributed by atoms with Crippen molar-refractivity contribution in [3.05, 3.63) is 12.2 Å². The molecule has 5 atom stereocenters. The van der Waals surface area contributed by atoms with E-state index in [4.69, 9.17) is 4.99 Å². The Kier molecular flexibility index (Phi) is 5.92. The molecule has 2 bridgehead atoms. The molecule has 0 aromatic rings. The molecule has 4 aliphatic rings. The number of allylic oxidation sites excluding steroid dienone is 2. The third-order valence-electron chi connectivity index (χ3n) is 6.97. The van der Waals surface area contributed by atoms with Crippen molar-refractivity contribution in [2.45, 2.75) is 19.4 Å². The van der Waals surface area contributed by atoms with E-state index < -0.39 is 0 Å². The van der Waals surface area contributed by atoms with E-state index in [0.29, 0.717) is 19.1 Å². The van der Waals surface area contributed by atoms with Gasteiger partial charge in [-0.05, 0) is 39.3 Å². The molecule has 2 aliphatic carbocycles. The molecule has 0 aromatic carbocycles. The quantitative estimate of drug-likeness (QED) is 0.272. The number of guanidine groups is 1. The third-order valence-corrected chi connectivity index (χ3v) is 6.97. The Morgan fingerprint density at radius 1 is 1.10 bits per heavy atom. The van der Waals surface area contributed by atoms with Crippen molar-refractivity contribution in [1.82, 2.24) is 25.3 Å². The van der Waals surface area contributed by atoms with Gasteiger partial charge in [0, 0.05) is 45.3 Å². The highest BCUT2D eigenvalue weighted by molar-refractivity contribution is 6.06. The minimum absolute atomic E-state index is 0.0208. The van der Waals surface area contributed by atoms with E-state index in [1.807, 2.05) is 6.92 Å². The fraction of sp³-hybridized carbons (Fsp3) is 0.762. The molecule has 0 aromatic heterocycles. The van der Waals surface area contributed by atoms with Crippen LogP contribution in [-0.4, -0.2) is 98.4 Å². The van der Waals surface area contributed by atoms with Gasteiger partial charge in [-0.3, -0.25) is 24.4 Å². The normalized spacial score (nSPS) is 34.9. The number of piperazine rings is 1. The Morgan fingerprint density at radius 3 is 2.45 bits per heavy atom. The number of rotatable bonds is 6. The zero-order chi connectivity index (χ0) is 20.5. The summed E-state index contributed by atoms with van der Waals surface area (Å²) in [6.07, 6.45) is 5.24. The summed E-state index contributed by atoms with van der Waals surface area (Å²) in [5, 5.41) is 6.57. The number of imide groups is 1. The Morgan fingerprint density at radius 2 is 1.79 bits per heavy atom. The number of fused-ring (bicyclic) bond motifs is 5. The second kappa shape index (κ2) is 8.44. The molecule has 2 aliphatic heterocycles. The lowest BCUT2D eigenvalue weighted by molar-refractivity contribution is -0.140. The second-order valence-electron chi connectivity index (χ2n) is 8.87. The molecule has 5 unspecified atom stereocenters. The van der Waals surface area contributed by atoms with Crippen LogP contribution in [0.25, 0.3) is 0 Å². The number of carbonyl (C=O) groups is 2. The van der Waals surface area contributed by atoms with E-state index in [1.165, 1.54) is 4.90 Å². The van der Waals surface area contributed by atoms with Crippen molar-refractivity contribution in [1.29, 1.82) is 0 Å². The average Bonchev–Trinajstić information content (AvgIpc) is 3.38. The van der Waals surface area contributed by atoms with Crippen LogP contribution in [-0.2, 0) is 9.59 Å². The first kappa shape index (κ1) is 20.3. The molecule has 0 spiro atoms. The second-order valence-corrected chi connectivity index (χ2v) is 8.87. The highest BCUT2D eigenvalue weighted by atomic mass is 16.2. The van der Waals surface area contributed by atoms with E-state index in [2.05, 4.69) is 46.7 Å². The van der Waals surface area contributed by atoms with Gasteiger partial charge >= 0.3 is 0 Å². The Balaban J connectivity index is 1.30. The van der Waals surface area contributed by atoms with Crippen LogP contribution in [0.5, 0.6) is 0 Å². The molecule has 3 fully saturated rings. The van der Waals surface area contributed by atoms with E-state index >= 15 is 0 Å². The van der Waals surface area contributed by atoms with Crippen LogP contribution in [0.1, 0.15) is 13.3 Å². The number of nitrogens with zero attached hydrogens (tertiary/aromatic N) is 4. The van der Waals surface area contributed by atoms with E-state index in [-0.39, 0.29) is 35.5 Å². The molecule has 8 heteroatoms. The highest BCUT2D eigenvalue weighted by Gasteiger charge is 2.58. The van der Waals surface area contributed by atoms with Crippen molar-refractivity contribution < 1.29 is 9.59 Å². The summed E-state index contributed by atoms with van der Waals surface area (Å²) in [6.45, 7) is 7.60. The average molecular weight is 403 g/mol. The van der Waals surface area contributed by atoms with Gasteiger partial charge in [0.2, 0.25) is 11.8 Å². The number of amides is 2. The number of likely N-dealkylation sites (N-methyl/N-ethyl adjacent to an activating group) is 2. The van der Waals surface area contributed by atoms with Crippen molar-refractivity contribution in [3.8, 4) is 0 Å².